The Bertz CT molecular complexity index is 382. The molecule has 1 rings (SSSR count). The van der Waals surface area contributed by atoms with Gasteiger partial charge in [-0.2, -0.15) is 22.0 Å². The highest BCUT2D eigenvalue weighted by Gasteiger charge is 2.59. The molecule has 3 nitrogen and oxygen atoms in total. The molecule has 0 unspecified atom stereocenters. The molecule has 0 spiro atoms. The zero-order valence-electron chi connectivity index (χ0n) is 6.40. The summed E-state index contributed by atoms with van der Waals surface area (Å²) >= 11 is 0. The Morgan fingerprint density at radius 1 is 1.14 bits per heavy atom. The number of rotatable bonds is 1. The van der Waals surface area contributed by atoms with Crippen molar-refractivity contribution in [3.05, 3.63) is 28.4 Å². The highest BCUT2D eigenvalue weighted by molar-refractivity contribution is 5.06. The molecule has 0 aliphatic rings. The summed E-state index contributed by atoms with van der Waals surface area (Å²) in [5, 5.41) is 0. The SMILES string of the molecule is O=c1cncc(C(F)(F)C(F)(F)F)[nH]1. The van der Waals surface area contributed by atoms with Crippen molar-refractivity contribution in [3.63, 3.8) is 0 Å². The van der Waals surface area contributed by atoms with Crippen molar-refractivity contribution in [2.24, 2.45) is 0 Å². The van der Waals surface area contributed by atoms with Crippen molar-refractivity contribution in [2.45, 2.75) is 12.1 Å². The second-order valence-corrected chi connectivity index (χ2v) is 2.38. The number of aromatic amines is 1. The van der Waals surface area contributed by atoms with Gasteiger partial charge in [0.25, 0.3) is 5.56 Å². The second-order valence-electron chi connectivity index (χ2n) is 2.38. The quantitative estimate of drug-likeness (QED) is 0.718. The van der Waals surface area contributed by atoms with Crippen LogP contribution in [0, 0.1) is 0 Å². The first-order chi connectivity index (χ1) is 6.25. The van der Waals surface area contributed by atoms with Gasteiger partial charge in [0, 0.05) is 0 Å². The molecule has 0 saturated heterocycles. The van der Waals surface area contributed by atoms with Crippen LogP contribution in [0.3, 0.4) is 0 Å². The molecule has 78 valence electrons. The van der Waals surface area contributed by atoms with Gasteiger partial charge < -0.3 is 4.98 Å². The molecule has 0 saturated carbocycles. The van der Waals surface area contributed by atoms with Crippen LogP contribution in [0.2, 0.25) is 0 Å². The van der Waals surface area contributed by atoms with Crippen LogP contribution in [-0.2, 0) is 5.92 Å². The Labute approximate surface area is 73.6 Å². The van der Waals surface area contributed by atoms with E-state index in [0.29, 0.717) is 6.20 Å². The van der Waals surface area contributed by atoms with Crippen molar-refractivity contribution in [1.82, 2.24) is 9.97 Å². The molecular weight excluding hydrogens is 211 g/mol. The van der Waals surface area contributed by atoms with Gasteiger partial charge in [0.1, 0.15) is 5.69 Å². The van der Waals surface area contributed by atoms with Crippen molar-refractivity contribution in [1.29, 1.82) is 0 Å². The number of hydrogen-bond donors (Lipinski definition) is 1. The molecule has 1 N–H and O–H groups in total. The van der Waals surface area contributed by atoms with Gasteiger partial charge in [0.15, 0.2) is 0 Å². The highest BCUT2D eigenvalue weighted by atomic mass is 19.4. The average molecular weight is 214 g/mol. The average Bonchev–Trinajstić information content (AvgIpc) is 2.02. The summed E-state index contributed by atoms with van der Waals surface area (Å²) in [5.41, 5.74) is -2.69. The molecule has 8 heteroatoms. The Morgan fingerprint density at radius 2 is 1.71 bits per heavy atom. The van der Waals surface area contributed by atoms with Gasteiger partial charge in [-0.15, -0.1) is 0 Å². The molecule has 1 heterocycles. The van der Waals surface area contributed by atoms with Gasteiger partial charge in [-0.1, -0.05) is 0 Å². The normalized spacial score (nSPS) is 12.9. The number of aromatic nitrogens is 2. The third-order valence-electron chi connectivity index (χ3n) is 1.35. The maximum absolute atomic E-state index is 12.5. The summed E-state index contributed by atoms with van der Waals surface area (Å²) in [7, 11) is 0. The lowest BCUT2D eigenvalue weighted by molar-refractivity contribution is -0.291. The summed E-state index contributed by atoms with van der Waals surface area (Å²) < 4.78 is 60.3. The van der Waals surface area contributed by atoms with Gasteiger partial charge >= 0.3 is 12.1 Å². The third kappa shape index (κ3) is 1.73. The summed E-state index contributed by atoms with van der Waals surface area (Å²) in [6.45, 7) is 0. The molecule has 0 radical (unpaired) electrons. The lowest BCUT2D eigenvalue weighted by Crippen LogP contribution is -2.35. The van der Waals surface area contributed by atoms with Crippen LogP contribution in [0.4, 0.5) is 22.0 Å². The van der Waals surface area contributed by atoms with Crippen LogP contribution in [-0.4, -0.2) is 16.1 Å². The number of halogens is 5. The Hall–Kier alpha value is -1.47. The predicted octanol–water partition coefficient (Wildman–Crippen LogP) is 1.42. The standard InChI is InChI=1S/C6H3F5N2O/c7-5(8,6(9,10)11)3-1-12-2-4(14)13-3/h1-2H,(H,13,14). The van der Waals surface area contributed by atoms with Crippen LogP contribution in [0.1, 0.15) is 5.69 Å². The minimum atomic E-state index is -5.75. The zero-order valence-corrected chi connectivity index (χ0v) is 6.40. The van der Waals surface area contributed by atoms with Gasteiger partial charge in [0.2, 0.25) is 0 Å². The molecule has 0 aromatic carbocycles. The van der Waals surface area contributed by atoms with Crippen LogP contribution in [0.5, 0.6) is 0 Å². The van der Waals surface area contributed by atoms with Crippen molar-refractivity contribution in [2.75, 3.05) is 0 Å². The van der Waals surface area contributed by atoms with E-state index in [-0.39, 0.29) is 6.20 Å². The maximum atomic E-state index is 12.5. The fourth-order valence-electron chi connectivity index (χ4n) is 0.689. The number of H-pyrrole nitrogens is 1. The molecule has 0 bridgehead atoms. The van der Waals surface area contributed by atoms with E-state index >= 15 is 0 Å². The fraction of sp³-hybridized carbons (Fsp3) is 0.333. The van der Waals surface area contributed by atoms with Crippen LogP contribution in [0.15, 0.2) is 17.2 Å². The molecule has 1 aromatic rings. The highest BCUT2D eigenvalue weighted by Crippen LogP contribution is 2.42. The third-order valence-corrected chi connectivity index (χ3v) is 1.35. The molecule has 0 amide bonds. The Kier molecular flexibility index (Phi) is 2.30. The maximum Gasteiger partial charge on any atom is 0.459 e. The van der Waals surface area contributed by atoms with E-state index in [2.05, 4.69) is 4.98 Å². The van der Waals surface area contributed by atoms with E-state index < -0.39 is 23.4 Å². The molecule has 0 aliphatic carbocycles. The van der Waals surface area contributed by atoms with Crippen molar-refractivity contribution >= 4 is 0 Å². The molecule has 1 aromatic heterocycles. The van der Waals surface area contributed by atoms with Crippen LogP contribution < -0.4 is 5.56 Å². The molecule has 14 heavy (non-hydrogen) atoms. The minimum Gasteiger partial charge on any atom is -0.318 e. The monoisotopic (exact) mass is 214 g/mol. The van der Waals surface area contributed by atoms with Gasteiger partial charge in [-0.25, -0.2) is 0 Å². The lowest BCUT2D eigenvalue weighted by atomic mass is 10.2. The predicted molar refractivity (Wildman–Crippen MR) is 34.8 cm³/mol. The Balaban J connectivity index is 3.23. The topological polar surface area (TPSA) is 45.8 Å². The number of nitrogens with one attached hydrogen (secondary N) is 1. The molecule has 0 aliphatic heterocycles. The van der Waals surface area contributed by atoms with E-state index in [4.69, 9.17) is 0 Å². The first-order valence-corrected chi connectivity index (χ1v) is 3.24. The summed E-state index contributed by atoms with van der Waals surface area (Å²) in [5.74, 6) is -5.10. The molecular formula is C6H3F5N2O. The van der Waals surface area contributed by atoms with Crippen molar-refractivity contribution in [3.8, 4) is 0 Å². The van der Waals surface area contributed by atoms with Crippen LogP contribution in [0.25, 0.3) is 0 Å². The van der Waals surface area contributed by atoms with Gasteiger partial charge in [-0.05, 0) is 0 Å². The number of alkyl halides is 5. The minimum absolute atomic E-state index is 0.259. The second kappa shape index (κ2) is 3.03. The summed E-state index contributed by atoms with van der Waals surface area (Å²) in [6.07, 6.45) is -4.90. The van der Waals surface area contributed by atoms with E-state index in [1.165, 1.54) is 4.98 Å². The van der Waals surface area contributed by atoms with Gasteiger partial charge in [0.05, 0.1) is 12.4 Å². The van der Waals surface area contributed by atoms with E-state index in [1.54, 1.807) is 0 Å². The molecule has 0 atom stereocenters. The van der Waals surface area contributed by atoms with Crippen LogP contribution >= 0.6 is 0 Å². The van der Waals surface area contributed by atoms with Gasteiger partial charge in [-0.3, -0.25) is 9.78 Å². The zero-order chi connectivity index (χ0) is 11.0. The number of hydrogen-bond acceptors (Lipinski definition) is 2. The number of nitrogens with zero attached hydrogens (tertiary/aromatic N) is 1. The Morgan fingerprint density at radius 3 is 2.14 bits per heavy atom. The smallest absolute Gasteiger partial charge is 0.318 e. The van der Waals surface area contributed by atoms with Crippen molar-refractivity contribution < 1.29 is 22.0 Å². The molecule has 0 fully saturated rings. The van der Waals surface area contributed by atoms with E-state index in [9.17, 15) is 26.7 Å². The first-order valence-electron chi connectivity index (χ1n) is 3.24. The van der Waals surface area contributed by atoms with E-state index in [0.717, 1.165) is 0 Å². The largest absolute Gasteiger partial charge is 0.459 e. The van der Waals surface area contributed by atoms with E-state index in [1.807, 2.05) is 0 Å². The summed E-state index contributed by atoms with van der Waals surface area (Å²) in [6, 6.07) is 0. The fourth-order valence-corrected chi connectivity index (χ4v) is 0.689. The lowest BCUT2D eigenvalue weighted by Gasteiger charge is -2.18. The first kappa shape index (κ1) is 10.6. The summed E-state index contributed by atoms with van der Waals surface area (Å²) in [4.78, 5) is 14.8.